The Morgan fingerprint density at radius 3 is 2.75 bits per heavy atom. The molecule has 0 aliphatic heterocycles. The first-order chi connectivity index (χ1) is 9.51. The van der Waals surface area contributed by atoms with Crippen molar-refractivity contribution < 1.29 is 4.79 Å². The van der Waals surface area contributed by atoms with E-state index < -0.39 is 6.04 Å². The minimum Gasteiger partial charge on any atom is -0.324 e. The maximum atomic E-state index is 12.4. The van der Waals surface area contributed by atoms with Crippen LogP contribution in [0.4, 0.5) is 5.69 Å². The van der Waals surface area contributed by atoms with Crippen molar-refractivity contribution in [3.05, 3.63) is 46.2 Å². The molecule has 0 aliphatic carbocycles. The molecule has 2 aromatic rings. The van der Waals surface area contributed by atoms with E-state index in [2.05, 4.69) is 10.4 Å². The molecule has 0 radical (unpaired) electrons. The van der Waals surface area contributed by atoms with Gasteiger partial charge in [-0.3, -0.25) is 9.48 Å². The van der Waals surface area contributed by atoms with Crippen LogP contribution in [0.15, 0.2) is 30.6 Å². The summed E-state index contributed by atoms with van der Waals surface area (Å²) in [5, 5.41) is 8.06. The fraction of sp³-hybridized carbons (Fsp3) is 0.286. The summed E-state index contributed by atoms with van der Waals surface area (Å²) < 4.78 is 1.57. The predicted octanol–water partition coefficient (Wildman–Crippen LogP) is 4.09. The second-order valence-corrected chi connectivity index (χ2v) is 5.38. The highest BCUT2D eigenvalue weighted by Crippen LogP contribution is 2.22. The van der Waals surface area contributed by atoms with E-state index in [9.17, 15) is 4.79 Å². The third-order valence-corrected chi connectivity index (χ3v) is 3.47. The van der Waals surface area contributed by atoms with Crippen LogP contribution >= 0.6 is 23.2 Å². The average molecular weight is 312 g/mol. The van der Waals surface area contributed by atoms with Gasteiger partial charge in [0, 0.05) is 16.9 Å². The van der Waals surface area contributed by atoms with E-state index in [0.717, 1.165) is 5.56 Å². The smallest absolute Gasteiger partial charge is 0.249 e. The molecule has 4 nitrogen and oxygen atoms in total. The van der Waals surface area contributed by atoms with Crippen molar-refractivity contribution in [3.8, 4) is 0 Å². The molecular weight excluding hydrogens is 297 g/mol. The number of hydrogen-bond acceptors (Lipinski definition) is 2. The zero-order valence-corrected chi connectivity index (χ0v) is 12.7. The Morgan fingerprint density at radius 2 is 2.15 bits per heavy atom. The molecule has 1 aromatic heterocycles. The van der Waals surface area contributed by atoms with Gasteiger partial charge in [-0.1, -0.05) is 36.2 Å². The molecule has 6 heteroatoms. The summed E-state index contributed by atoms with van der Waals surface area (Å²) in [5.74, 6) is -0.141. The molecule has 1 amide bonds. The minimum atomic E-state index is -0.402. The maximum absolute atomic E-state index is 12.4. The van der Waals surface area contributed by atoms with Gasteiger partial charge in [0.05, 0.1) is 11.2 Å². The molecule has 0 saturated carbocycles. The number of nitrogens with one attached hydrogen (secondary N) is 1. The highest BCUT2D eigenvalue weighted by Gasteiger charge is 2.20. The van der Waals surface area contributed by atoms with Gasteiger partial charge in [0.25, 0.3) is 0 Å². The lowest BCUT2D eigenvalue weighted by Gasteiger charge is -2.16. The van der Waals surface area contributed by atoms with Gasteiger partial charge in [0.2, 0.25) is 5.91 Å². The highest BCUT2D eigenvalue weighted by molar-refractivity contribution is 6.31. The standard InChI is InChI=1S/C14H15Cl2N3O/c1-3-13(19-8-11(16)7-17-19)14(20)18-12-6-10(15)5-4-9(12)2/h4-8,13H,3H2,1-2H3,(H,18,20). The number of benzene rings is 1. The number of aromatic nitrogens is 2. The molecular formula is C14H15Cl2N3O. The monoisotopic (exact) mass is 311 g/mol. The van der Waals surface area contributed by atoms with E-state index in [1.165, 1.54) is 6.20 Å². The van der Waals surface area contributed by atoms with Gasteiger partial charge in [-0.25, -0.2) is 0 Å². The lowest BCUT2D eigenvalue weighted by molar-refractivity contribution is -0.119. The van der Waals surface area contributed by atoms with Crippen molar-refractivity contribution in [2.45, 2.75) is 26.3 Å². The van der Waals surface area contributed by atoms with E-state index in [-0.39, 0.29) is 5.91 Å². The second-order valence-electron chi connectivity index (χ2n) is 4.51. The third kappa shape index (κ3) is 3.32. The maximum Gasteiger partial charge on any atom is 0.249 e. The first-order valence-electron chi connectivity index (χ1n) is 6.28. The predicted molar refractivity (Wildman–Crippen MR) is 81.4 cm³/mol. The van der Waals surface area contributed by atoms with Crippen molar-refractivity contribution in [2.24, 2.45) is 0 Å². The molecule has 20 heavy (non-hydrogen) atoms. The Labute approximate surface area is 127 Å². The molecule has 0 spiro atoms. The summed E-state index contributed by atoms with van der Waals surface area (Å²) in [5.41, 5.74) is 1.66. The topological polar surface area (TPSA) is 46.9 Å². The normalized spacial score (nSPS) is 12.2. The largest absolute Gasteiger partial charge is 0.324 e. The molecule has 1 atom stereocenters. The Bertz CT molecular complexity index is 625. The van der Waals surface area contributed by atoms with Crippen LogP contribution in [-0.4, -0.2) is 15.7 Å². The van der Waals surface area contributed by atoms with Gasteiger partial charge in [0.15, 0.2) is 0 Å². The lowest BCUT2D eigenvalue weighted by Crippen LogP contribution is -2.26. The van der Waals surface area contributed by atoms with Crippen LogP contribution in [0, 0.1) is 6.92 Å². The van der Waals surface area contributed by atoms with Gasteiger partial charge in [-0.05, 0) is 31.0 Å². The molecule has 1 heterocycles. The molecule has 0 aliphatic rings. The molecule has 1 unspecified atom stereocenters. The average Bonchev–Trinajstić information content (AvgIpc) is 2.81. The molecule has 1 N–H and O–H groups in total. The van der Waals surface area contributed by atoms with Gasteiger partial charge in [0.1, 0.15) is 6.04 Å². The number of anilines is 1. The van der Waals surface area contributed by atoms with Crippen LogP contribution in [0.2, 0.25) is 10.0 Å². The number of rotatable bonds is 4. The van der Waals surface area contributed by atoms with E-state index >= 15 is 0 Å². The Kier molecular flexibility index (Phi) is 4.68. The number of amides is 1. The minimum absolute atomic E-state index is 0.141. The highest BCUT2D eigenvalue weighted by atomic mass is 35.5. The zero-order chi connectivity index (χ0) is 14.7. The third-order valence-electron chi connectivity index (χ3n) is 3.04. The van der Waals surface area contributed by atoms with Crippen molar-refractivity contribution >= 4 is 34.8 Å². The van der Waals surface area contributed by atoms with Crippen LogP contribution in [0.5, 0.6) is 0 Å². The van der Waals surface area contributed by atoms with Gasteiger partial charge in [-0.15, -0.1) is 0 Å². The number of aryl methyl sites for hydroxylation is 1. The van der Waals surface area contributed by atoms with Crippen LogP contribution < -0.4 is 5.32 Å². The van der Waals surface area contributed by atoms with Crippen LogP contribution in [0.25, 0.3) is 0 Å². The summed E-state index contributed by atoms with van der Waals surface area (Å²) in [6.07, 6.45) is 3.77. The molecule has 0 fully saturated rings. The summed E-state index contributed by atoms with van der Waals surface area (Å²) in [6.45, 7) is 3.84. The summed E-state index contributed by atoms with van der Waals surface area (Å²) >= 11 is 11.8. The quantitative estimate of drug-likeness (QED) is 0.924. The molecule has 0 bridgehead atoms. The van der Waals surface area contributed by atoms with Crippen molar-refractivity contribution in [3.63, 3.8) is 0 Å². The van der Waals surface area contributed by atoms with Crippen molar-refractivity contribution in [1.29, 1.82) is 0 Å². The Balaban J connectivity index is 2.19. The zero-order valence-electron chi connectivity index (χ0n) is 11.2. The number of carbonyl (C=O) groups excluding carboxylic acids is 1. The van der Waals surface area contributed by atoms with E-state index in [1.54, 1.807) is 23.0 Å². The van der Waals surface area contributed by atoms with E-state index in [0.29, 0.717) is 22.2 Å². The summed E-state index contributed by atoms with van der Waals surface area (Å²) in [7, 11) is 0. The van der Waals surface area contributed by atoms with Gasteiger partial charge in [-0.2, -0.15) is 5.10 Å². The summed E-state index contributed by atoms with van der Waals surface area (Å²) in [4.78, 5) is 12.4. The molecule has 0 saturated heterocycles. The van der Waals surface area contributed by atoms with Crippen molar-refractivity contribution in [1.82, 2.24) is 9.78 Å². The first kappa shape index (κ1) is 14.9. The fourth-order valence-corrected chi connectivity index (χ4v) is 2.24. The SMILES string of the molecule is CCC(C(=O)Nc1cc(Cl)ccc1C)n1cc(Cl)cn1. The molecule has 2 rings (SSSR count). The van der Waals surface area contributed by atoms with E-state index in [1.807, 2.05) is 19.9 Å². The molecule has 1 aromatic carbocycles. The first-order valence-corrected chi connectivity index (χ1v) is 7.03. The van der Waals surface area contributed by atoms with Gasteiger partial charge < -0.3 is 5.32 Å². The second kappa shape index (κ2) is 6.29. The molecule has 106 valence electrons. The number of halogens is 2. The van der Waals surface area contributed by atoms with Crippen molar-refractivity contribution in [2.75, 3.05) is 5.32 Å². The number of nitrogens with zero attached hydrogens (tertiary/aromatic N) is 2. The van der Waals surface area contributed by atoms with Crippen LogP contribution in [0.3, 0.4) is 0 Å². The number of carbonyl (C=O) groups is 1. The van der Waals surface area contributed by atoms with Crippen LogP contribution in [0.1, 0.15) is 24.9 Å². The fourth-order valence-electron chi connectivity index (χ4n) is 1.92. The number of hydrogen-bond donors (Lipinski definition) is 1. The van der Waals surface area contributed by atoms with E-state index in [4.69, 9.17) is 23.2 Å². The Morgan fingerprint density at radius 1 is 1.40 bits per heavy atom. The Hall–Kier alpha value is -1.52. The lowest BCUT2D eigenvalue weighted by atomic mass is 10.1. The summed E-state index contributed by atoms with van der Waals surface area (Å²) in [6, 6.07) is 4.99. The van der Waals surface area contributed by atoms with Gasteiger partial charge >= 0.3 is 0 Å². The van der Waals surface area contributed by atoms with Crippen LogP contribution in [-0.2, 0) is 4.79 Å².